The zero-order valence-corrected chi connectivity index (χ0v) is 15.1. The molecule has 0 bridgehead atoms. The number of thiophene rings is 1. The summed E-state index contributed by atoms with van der Waals surface area (Å²) >= 11 is 1.80. The molecule has 1 aliphatic rings. The van der Waals surface area contributed by atoms with Crippen molar-refractivity contribution < 1.29 is 0 Å². The minimum absolute atomic E-state index is 0.811. The Labute approximate surface area is 155 Å². The average molecular weight is 358 g/mol. The van der Waals surface area contributed by atoms with E-state index >= 15 is 0 Å². The Morgan fingerprint density at radius 1 is 1.00 bits per heavy atom. The summed E-state index contributed by atoms with van der Waals surface area (Å²) < 4.78 is 0. The summed E-state index contributed by atoms with van der Waals surface area (Å²) in [7, 11) is 0. The molecule has 0 radical (unpaired) electrons. The number of hydrogen-bond acceptors (Lipinski definition) is 5. The molecule has 128 valence electrons. The highest BCUT2D eigenvalue weighted by Gasteiger charge is 2.19. The van der Waals surface area contributed by atoms with E-state index in [0.29, 0.717) is 0 Å². The van der Waals surface area contributed by atoms with E-state index in [-0.39, 0.29) is 0 Å². The highest BCUT2D eigenvalue weighted by molar-refractivity contribution is 7.19. The van der Waals surface area contributed by atoms with E-state index in [1.807, 2.05) is 6.21 Å². The van der Waals surface area contributed by atoms with Crippen LogP contribution in [-0.2, 0) is 12.8 Å². The fourth-order valence-corrected chi connectivity index (χ4v) is 4.93. The minimum atomic E-state index is 0.811. The number of nitrogens with one attached hydrogen (secondary N) is 1. The van der Waals surface area contributed by atoms with Gasteiger partial charge in [0.2, 0.25) is 0 Å². The van der Waals surface area contributed by atoms with Crippen LogP contribution in [0.25, 0.3) is 21.0 Å². The summed E-state index contributed by atoms with van der Waals surface area (Å²) in [6.07, 6.45) is 8.29. The second kappa shape index (κ2) is 6.50. The van der Waals surface area contributed by atoms with Crippen molar-refractivity contribution in [3.63, 3.8) is 0 Å². The number of fused-ring (bicyclic) bond motifs is 4. The second-order valence-electron chi connectivity index (χ2n) is 6.55. The number of benzene rings is 2. The van der Waals surface area contributed by atoms with Crippen molar-refractivity contribution in [2.45, 2.75) is 25.7 Å². The quantitative estimate of drug-likeness (QED) is 0.406. The lowest BCUT2D eigenvalue weighted by molar-refractivity contribution is 0.700. The van der Waals surface area contributed by atoms with Crippen molar-refractivity contribution in [3.8, 4) is 0 Å². The Morgan fingerprint density at radius 3 is 2.88 bits per heavy atom. The average Bonchev–Trinajstić information content (AvgIpc) is 3.08. The molecule has 0 amide bonds. The third-order valence-electron chi connectivity index (χ3n) is 4.95. The summed E-state index contributed by atoms with van der Waals surface area (Å²) in [5.74, 6) is 0.811. The topological polar surface area (TPSA) is 50.2 Å². The van der Waals surface area contributed by atoms with Gasteiger partial charge in [-0.3, -0.25) is 5.43 Å². The maximum absolute atomic E-state index is 4.48. The number of rotatable bonds is 3. The van der Waals surface area contributed by atoms with Gasteiger partial charge in [0.25, 0.3) is 0 Å². The molecule has 0 atom stereocenters. The van der Waals surface area contributed by atoms with E-state index in [1.165, 1.54) is 34.1 Å². The molecule has 0 saturated carbocycles. The van der Waals surface area contributed by atoms with Crippen molar-refractivity contribution in [1.82, 2.24) is 9.97 Å². The van der Waals surface area contributed by atoms with Gasteiger partial charge in [-0.2, -0.15) is 5.10 Å². The van der Waals surface area contributed by atoms with Gasteiger partial charge in [0, 0.05) is 10.4 Å². The van der Waals surface area contributed by atoms with Gasteiger partial charge in [0.05, 0.1) is 11.6 Å². The molecular formula is C21H18N4S. The van der Waals surface area contributed by atoms with Crippen LogP contribution in [0.5, 0.6) is 0 Å². The van der Waals surface area contributed by atoms with Gasteiger partial charge < -0.3 is 0 Å². The van der Waals surface area contributed by atoms with Gasteiger partial charge in [-0.25, -0.2) is 9.97 Å². The van der Waals surface area contributed by atoms with Crippen molar-refractivity contribution in [3.05, 3.63) is 64.8 Å². The Hall–Kier alpha value is -2.79. The lowest BCUT2D eigenvalue weighted by Crippen LogP contribution is -2.01. The molecule has 5 rings (SSSR count). The summed E-state index contributed by atoms with van der Waals surface area (Å²) in [5, 5.41) is 8.05. The molecule has 0 unspecified atom stereocenters. The first-order chi connectivity index (χ1) is 12.9. The van der Waals surface area contributed by atoms with Crippen LogP contribution >= 0.6 is 11.3 Å². The first-order valence-corrected chi connectivity index (χ1v) is 9.74. The molecule has 2 aromatic carbocycles. The summed E-state index contributed by atoms with van der Waals surface area (Å²) in [5.41, 5.74) is 5.67. The Balaban J connectivity index is 1.50. The monoisotopic (exact) mass is 358 g/mol. The van der Waals surface area contributed by atoms with Crippen molar-refractivity contribution >= 4 is 44.4 Å². The molecule has 0 aliphatic heterocycles. The van der Waals surface area contributed by atoms with E-state index in [4.69, 9.17) is 0 Å². The van der Waals surface area contributed by atoms with Crippen molar-refractivity contribution in [2.24, 2.45) is 5.10 Å². The lowest BCUT2D eigenvalue weighted by Gasteiger charge is -2.11. The lowest BCUT2D eigenvalue weighted by atomic mass is 9.97. The summed E-state index contributed by atoms with van der Waals surface area (Å²) in [6, 6.07) is 14.6. The maximum atomic E-state index is 4.48. The molecule has 1 aliphatic carbocycles. The molecule has 26 heavy (non-hydrogen) atoms. The Bertz CT molecular complexity index is 1120. The van der Waals surface area contributed by atoms with E-state index in [0.717, 1.165) is 34.4 Å². The number of nitrogens with zero attached hydrogens (tertiary/aromatic N) is 3. The predicted octanol–water partition coefficient (Wildman–Crippen LogP) is 5.17. The molecular weight excluding hydrogens is 340 g/mol. The third-order valence-corrected chi connectivity index (χ3v) is 6.15. The SMILES string of the molecule is C(=N\Nc1ncnc2sc3c(c12)CCCC3)/c1cccc2ccccc12. The van der Waals surface area contributed by atoms with Crippen LogP contribution < -0.4 is 5.43 Å². The normalized spacial score (nSPS) is 14.2. The molecule has 0 fully saturated rings. The van der Waals surface area contributed by atoms with E-state index < -0.39 is 0 Å². The van der Waals surface area contributed by atoms with Gasteiger partial charge in [-0.05, 0) is 42.0 Å². The molecule has 5 heteroatoms. The number of hydrogen-bond donors (Lipinski definition) is 1. The molecule has 0 spiro atoms. The standard InChI is InChI=1S/C21H18N4S/c1-2-9-16-14(6-1)7-5-8-15(16)12-24-25-20-19-17-10-3-4-11-18(17)26-21(19)23-13-22-20/h1-2,5-9,12-13H,3-4,10-11H2,(H,22,23,25)/b24-12+. The predicted molar refractivity (Wildman–Crippen MR) is 109 cm³/mol. The second-order valence-corrected chi connectivity index (χ2v) is 7.64. The van der Waals surface area contributed by atoms with Gasteiger partial charge in [-0.1, -0.05) is 42.5 Å². The molecule has 1 N–H and O–H groups in total. The van der Waals surface area contributed by atoms with Crippen LogP contribution in [0.2, 0.25) is 0 Å². The Morgan fingerprint density at radius 2 is 1.88 bits per heavy atom. The minimum Gasteiger partial charge on any atom is -0.261 e. The number of aromatic nitrogens is 2. The first kappa shape index (κ1) is 15.5. The van der Waals surface area contributed by atoms with Crippen LogP contribution in [0.4, 0.5) is 5.82 Å². The van der Waals surface area contributed by atoms with E-state index in [9.17, 15) is 0 Å². The number of hydrazone groups is 1. The third kappa shape index (κ3) is 2.65. The zero-order chi connectivity index (χ0) is 17.3. The molecule has 2 heterocycles. The number of anilines is 1. The van der Waals surface area contributed by atoms with Gasteiger partial charge in [0.15, 0.2) is 5.82 Å². The summed E-state index contributed by atoms with van der Waals surface area (Å²) in [6.45, 7) is 0. The first-order valence-electron chi connectivity index (χ1n) is 8.92. The maximum Gasteiger partial charge on any atom is 0.158 e. The zero-order valence-electron chi connectivity index (χ0n) is 14.3. The van der Waals surface area contributed by atoms with Crippen LogP contribution in [0.15, 0.2) is 53.9 Å². The van der Waals surface area contributed by atoms with Gasteiger partial charge >= 0.3 is 0 Å². The molecule has 4 aromatic rings. The number of aryl methyl sites for hydroxylation is 2. The highest BCUT2D eigenvalue weighted by Crippen LogP contribution is 2.38. The van der Waals surface area contributed by atoms with Crippen LogP contribution in [-0.4, -0.2) is 16.2 Å². The molecule has 4 nitrogen and oxygen atoms in total. The smallest absolute Gasteiger partial charge is 0.158 e. The van der Waals surface area contributed by atoms with E-state index in [2.05, 4.69) is 63.0 Å². The summed E-state index contributed by atoms with van der Waals surface area (Å²) in [4.78, 5) is 11.5. The fraction of sp³-hybridized carbons (Fsp3) is 0.190. The molecule has 2 aromatic heterocycles. The molecule has 0 saturated heterocycles. The van der Waals surface area contributed by atoms with Crippen molar-refractivity contribution in [1.29, 1.82) is 0 Å². The van der Waals surface area contributed by atoms with Gasteiger partial charge in [-0.15, -0.1) is 11.3 Å². The Kier molecular flexibility index (Phi) is 3.87. The van der Waals surface area contributed by atoms with E-state index in [1.54, 1.807) is 17.7 Å². The van der Waals surface area contributed by atoms with Gasteiger partial charge in [0.1, 0.15) is 11.2 Å². The van der Waals surface area contributed by atoms with Crippen LogP contribution in [0.3, 0.4) is 0 Å². The van der Waals surface area contributed by atoms with Crippen molar-refractivity contribution in [2.75, 3.05) is 5.43 Å². The van der Waals surface area contributed by atoms with Crippen LogP contribution in [0, 0.1) is 0 Å². The fourth-order valence-electron chi connectivity index (χ4n) is 3.70. The van der Waals surface area contributed by atoms with Crippen LogP contribution in [0.1, 0.15) is 28.8 Å². The highest BCUT2D eigenvalue weighted by atomic mass is 32.1. The largest absolute Gasteiger partial charge is 0.261 e.